The summed E-state index contributed by atoms with van der Waals surface area (Å²) in [7, 11) is 3.36. The third-order valence-corrected chi connectivity index (χ3v) is 8.20. The van der Waals surface area contributed by atoms with Gasteiger partial charge in [-0.05, 0) is 19.2 Å². The van der Waals surface area contributed by atoms with Gasteiger partial charge in [0, 0.05) is 29.6 Å². The number of thiophene rings is 1. The van der Waals surface area contributed by atoms with Crippen molar-refractivity contribution in [3.8, 4) is 5.75 Å². The van der Waals surface area contributed by atoms with E-state index in [9.17, 15) is 0 Å². The van der Waals surface area contributed by atoms with E-state index in [1.165, 1.54) is 0 Å². The molecule has 0 radical (unpaired) electrons. The molecule has 0 aliphatic rings. The molecule has 4 aromatic rings. The molecule has 0 aliphatic heterocycles. The van der Waals surface area contributed by atoms with Crippen LogP contribution in [0.25, 0.3) is 0 Å². The fourth-order valence-electron chi connectivity index (χ4n) is 3.33. The molecule has 1 atom stereocenters. The molecule has 2 aromatic carbocycles. The molecule has 7 heteroatoms. The lowest BCUT2D eigenvalue weighted by molar-refractivity contribution is 0.399. The van der Waals surface area contributed by atoms with E-state index < -0.39 is 0 Å². The maximum Gasteiger partial charge on any atom is 0.181 e. The number of aromatic nitrogens is 1. The number of hydrogen-bond acceptors (Lipinski definition) is 6. The Morgan fingerprint density at radius 3 is 2.22 bits per heavy atom. The molecule has 164 valence electrons. The zero-order chi connectivity index (χ0) is 22.5. The van der Waals surface area contributed by atoms with Crippen LogP contribution in [-0.2, 0) is 0 Å². The summed E-state index contributed by atoms with van der Waals surface area (Å²) in [5, 5.41) is 8.39. The van der Waals surface area contributed by atoms with Crippen LogP contribution in [0.3, 0.4) is 0 Å². The van der Waals surface area contributed by atoms with Crippen LogP contribution in [0.4, 0.5) is 11.5 Å². The van der Waals surface area contributed by atoms with Crippen LogP contribution in [0.1, 0.15) is 23.8 Å². The van der Waals surface area contributed by atoms with Gasteiger partial charge in [-0.2, -0.15) is 0 Å². The van der Waals surface area contributed by atoms with E-state index in [0.717, 1.165) is 44.1 Å². The van der Waals surface area contributed by atoms with Crippen molar-refractivity contribution in [2.24, 2.45) is 4.99 Å². The molecule has 0 bridgehead atoms. The number of nitrogens with zero attached hydrogens (tertiary/aromatic N) is 3. The average Bonchev–Trinajstić information content (AvgIpc) is 3.45. The smallest absolute Gasteiger partial charge is 0.181 e. The van der Waals surface area contributed by atoms with Crippen LogP contribution in [0.2, 0.25) is 0 Å². The first kappa shape index (κ1) is 22.0. The summed E-state index contributed by atoms with van der Waals surface area (Å²) in [5.74, 6) is 2.36. The lowest BCUT2D eigenvalue weighted by Crippen LogP contribution is -2.10. The Morgan fingerprint density at radius 1 is 1.09 bits per heavy atom. The number of anilines is 1. The molecule has 0 amide bonds. The molecule has 0 saturated carbocycles. The van der Waals surface area contributed by atoms with Crippen LogP contribution < -0.4 is 9.04 Å². The SMILES string of the molecule is C/C=S(\c1scc(N=C(c2ccccc2)c2ccccc2)c1OC)N(C)c1cc(C)on1. The Labute approximate surface area is 195 Å². The van der Waals surface area contributed by atoms with Crippen molar-refractivity contribution in [2.45, 2.75) is 18.1 Å². The van der Waals surface area contributed by atoms with Crippen molar-refractivity contribution in [2.75, 3.05) is 18.5 Å². The minimum Gasteiger partial charge on any atom is -0.492 e. The van der Waals surface area contributed by atoms with E-state index in [1.54, 1.807) is 18.4 Å². The van der Waals surface area contributed by atoms with Gasteiger partial charge < -0.3 is 13.6 Å². The van der Waals surface area contributed by atoms with Gasteiger partial charge in [0.2, 0.25) is 0 Å². The number of methoxy groups -OCH3 is 1. The van der Waals surface area contributed by atoms with Gasteiger partial charge in [-0.3, -0.25) is 0 Å². The molecule has 1 unspecified atom stereocenters. The normalized spacial score (nSPS) is 11.9. The molecule has 0 spiro atoms. The minimum atomic E-state index is -0.362. The number of aliphatic imine (C=N–C) groups is 1. The van der Waals surface area contributed by atoms with Crippen molar-refractivity contribution in [3.05, 3.63) is 89.0 Å². The van der Waals surface area contributed by atoms with Crippen molar-refractivity contribution < 1.29 is 9.26 Å². The summed E-state index contributed by atoms with van der Waals surface area (Å²) < 4.78 is 14.4. The van der Waals surface area contributed by atoms with Gasteiger partial charge in [0.15, 0.2) is 11.6 Å². The number of ether oxygens (including phenoxy) is 1. The zero-order valence-corrected chi connectivity index (χ0v) is 20.1. The Balaban J connectivity index is 1.80. The van der Waals surface area contributed by atoms with Crippen LogP contribution in [0.15, 0.2) is 85.8 Å². The van der Waals surface area contributed by atoms with Crippen molar-refractivity contribution >= 4 is 44.6 Å². The van der Waals surface area contributed by atoms with E-state index in [4.69, 9.17) is 14.3 Å². The van der Waals surface area contributed by atoms with Gasteiger partial charge >= 0.3 is 0 Å². The van der Waals surface area contributed by atoms with E-state index >= 15 is 0 Å². The second-order valence-electron chi connectivity index (χ2n) is 6.98. The van der Waals surface area contributed by atoms with Gasteiger partial charge in [-0.15, -0.1) is 11.3 Å². The monoisotopic (exact) mass is 463 g/mol. The predicted octanol–water partition coefficient (Wildman–Crippen LogP) is 6.72. The molecule has 5 nitrogen and oxygen atoms in total. The number of hydrogen-bond donors (Lipinski definition) is 0. The Kier molecular flexibility index (Phi) is 6.87. The largest absolute Gasteiger partial charge is 0.492 e. The predicted molar refractivity (Wildman–Crippen MR) is 136 cm³/mol. The standard InChI is InChI=1S/C25H25N3O2S2/c1-5-32(28(3)22-16-18(2)30-27-22)25-24(29-4)21(17-31-25)26-23(19-12-8-6-9-13-19)20-14-10-7-11-15-20/h5-17H,1-4H3. The molecule has 0 fully saturated rings. The number of benzene rings is 2. The van der Waals surface area contributed by atoms with Crippen LogP contribution >= 0.6 is 22.0 Å². The Bertz CT molecular complexity index is 1200. The molecule has 0 N–H and O–H groups in total. The Hall–Kier alpha value is -3.16. The third-order valence-electron chi connectivity index (χ3n) is 4.87. The maximum absolute atomic E-state index is 5.88. The van der Waals surface area contributed by atoms with Crippen molar-refractivity contribution in [3.63, 3.8) is 0 Å². The quantitative estimate of drug-likeness (QED) is 0.225. The fourth-order valence-corrected chi connectivity index (χ4v) is 6.61. The molecule has 2 heterocycles. The highest BCUT2D eigenvalue weighted by atomic mass is 32.2. The molecule has 0 aliphatic carbocycles. The highest BCUT2D eigenvalue weighted by Gasteiger charge is 2.21. The van der Waals surface area contributed by atoms with Gasteiger partial charge in [0.1, 0.15) is 15.7 Å². The van der Waals surface area contributed by atoms with Gasteiger partial charge in [-0.25, -0.2) is 4.99 Å². The lowest BCUT2D eigenvalue weighted by atomic mass is 10.0. The first-order valence-corrected chi connectivity index (χ1v) is 12.3. The van der Waals surface area contributed by atoms with Crippen molar-refractivity contribution in [1.82, 2.24) is 5.16 Å². The minimum absolute atomic E-state index is 0.362. The van der Waals surface area contributed by atoms with Crippen LogP contribution in [0, 0.1) is 6.92 Å². The lowest BCUT2D eigenvalue weighted by Gasteiger charge is -2.20. The molecular formula is C25H25N3O2S2. The highest BCUT2D eigenvalue weighted by molar-refractivity contribution is 8.17. The zero-order valence-electron chi connectivity index (χ0n) is 18.5. The van der Waals surface area contributed by atoms with Crippen LogP contribution in [-0.4, -0.2) is 30.4 Å². The van der Waals surface area contributed by atoms with Gasteiger partial charge in [0.25, 0.3) is 0 Å². The summed E-state index contributed by atoms with van der Waals surface area (Å²) in [4.78, 5) is 5.08. The molecule has 32 heavy (non-hydrogen) atoms. The Morgan fingerprint density at radius 2 is 1.72 bits per heavy atom. The first-order chi connectivity index (χ1) is 15.6. The number of rotatable bonds is 7. The number of aryl methyl sites for hydroxylation is 1. The summed E-state index contributed by atoms with van der Waals surface area (Å²) in [5.41, 5.74) is 3.85. The molecule has 2 aromatic heterocycles. The summed E-state index contributed by atoms with van der Waals surface area (Å²) in [6.07, 6.45) is 0. The third kappa shape index (κ3) is 4.54. The fraction of sp³-hybridized carbons (Fsp3) is 0.160. The van der Waals surface area contributed by atoms with Gasteiger partial charge in [0.05, 0.1) is 12.8 Å². The second-order valence-corrected chi connectivity index (χ2v) is 10.2. The average molecular weight is 464 g/mol. The van der Waals surface area contributed by atoms with Crippen LogP contribution in [0.5, 0.6) is 5.75 Å². The van der Waals surface area contributed by atoms with Crippen molar-refractivity contribution in [1.29, 1.82) is 0 Å². The van der Waals surface area contributed by atoms with E-state index in [-0.39, 0.29) is 10.7 Å². The van der Waals surface area contributed by atoms with E-state index in [2.05, 4.69) is 44.5 Å². The molecule has 0 saturated heterocycles. The second kappa shape index (κ2) is 9.97. The topological polar surface area (TPSA) is 50.9 Å². The summed E-state index contributed by atoms with van der Waals surface area (Å²) in [6.45, 7) is 3.94. The van der Waals surface area contributed by atoms with E-state index in [1.807, 2.05) is 63.4 Å². The molecule has 4 rings (SSSR count). The van der Waals surface area contributed by atoms with E-state index in [0.29, 0.717) is 0 Å². The molecular weight excluding hydrogens is 438 g/mol. The summed E-state index contributed by atoms with van der Waals surface area (Å²) >= 11 is 1.64. The van der Waals surface area contributed by atoms with Gasteiger partial charge in [-0.1, -0.05) is 76.5 Å². The maximum atomic E-state index is 5.88. The summed E-state index contributed by atoms with van der Waals surface area (Å²) in [6, 6.07) is 22.4. The highest BCUT2D eigenvalue weighted by Crippen LogP contribution is 2.48. The first-order valence-electron chi connectivity index (χ1n) is 10.2.